The van der Waals surface area contributed by atoms with Gasteiger partial charge in [0.1, 0.15) is 11.6 Å². The van der Waals surface area contributed by atoms with Gasteiger partial charge in [0.25, 0.3) is 0 Å². The lowest BCUT2D eigenvalue weighted by atomic mass is 10.3. The van der Waals surface area contributed by atoms with Crippen molar-refractivity contribution < 1.29 is 4.79 Å². The minimum atomic E-state index is 0.382. The molecular formula is C7H9N3O. The summed E-state index contributed by atoms with van der Waals surface area (Å²) in [6, 6.07) is 2.04. The maximum absolute atomic E-state index is 10.2. The highest BCUT2D eigenvalue weighted by molar-refractivity contribution is 5.52. The molecule has 1 rings (SSSR count). The minimum Gasteiger partial charge on any atom is -0.377 e. The van der Waals surface area contributed by atoms with Crippen molar-refractivity contribution in [2.45, 2.75) is 0 Å². The zero-order valence-electron chi connectivity index (χ0n) is 6.13. The highest BCUT2D eigenvalue weighted by Crippen LogP contribution is 1.97. The first-order valence-electron chi connectivity index (χ1n) is 3.44. The second-order valence-electron chi connectivity index (χ2n) is 2.38. The summed E-state index contributed by atoms with van der Waals surface area (Å²) in [4.78, 5) is 12.1. The van der Waals surface area contributed by atoms with Crippen molar-refractivity contribution in [2.24, 2.45) is 0 Å². The molecule has 58 valence electrons. The number of nitrogens with one attached hydrogen (secondary N) is 1. The summed E-state index contributed by atoms with van der Waals surface area (Å²) in [5.74, 6) is 1.80. The van der Waals surface area contributed by atoms with E-state index in [0.717, 1.165) is 13.1 Å². The lowest BCUT2D eigenvalue weighted by molar-refractivity contribution is 0.298. The van der Waals surface area contributed by atoms with Gasteiger partial charge >= 0.3 is 0 Å². The van der Waals surface area contributed by atoms with Crippen LogP contribution < -0.4 is 5.32 Å². The third-order valence-corrected chi connectivity index (χ3v) is 1.57. The molecule has 11 heavy (non-hydrogen) atoms. The second kappa shape index (κ2) is 3.77. The molecule has 0 saturated carbocycles. The molecule has 0 spiro atoms. The minimum absolute atomic E-state index is 0.382. The number of carbonyl (C=O) groups excluding carboxylic acids is 1. The molecular weight excluding hydrogens is 142 g/mol. The Morgan fingerprint density at radius 3 is 3.18 bits per heavy atom. The molecule has 0 amide bonds. The fourth-order valence-electron chi connectivity index (χ4n) is 1.03. The van der Waals surface area contributed by atoms with Crippen molar-refractivity contribution in [3.63, 3.8) is 0 Å². The van der Waals surface area contributed by atoms with Crippen LogP contribution in [0.3, 0.4) is 0 Å². The maximum Gasteiger partial charge on any atom is 0.146 e. The van der Waals surface area contributed by atoms with Crippen LogP contribution in [0.4, 0.5) is 0 Å². The topological polar surface area (TPSA) is 56.1 Å². The number of nitriles is 1. The van der Waals surface area contributed by atoms with E-state index in [-0.39, 0.29) is 0 Å². The standard InChI is InChI=1S/C7H9N3O/c8-1-3-10-4-2-9-7(5-10)6-11/h9H,2-5H2. The van der Waals surface area contributed by atoms with Gasteiger partial charge in [-0.15, -0.1) is 0 Å². The van der Waals surface area contributed by atoms with Crippen molar-refractivity contribution in [1.82, 2.24) is 10.2 Å². The summed E-state index contributed by atoms with van der Waals surface area (Å²) in [6.07, 6.45) is 0. The Kier molecular flexibility index (Phi) is 2.67. The first kappa shape index (κ1) is 7.80. The molecule has 0 aliphatic carbocycles. The van der Waals surface area contributed by atoms with Crippen LogP contribution in [0.25, 0.3) is 0 Å². The molecule has 0 unspecified atom stereocenters. The second-order valence-corrected chi connectivity index (χ2v) is 2.38. The van der Waals surface area contributed by atoms with Gasteiger partial charge in [-0.2, -0.15) is 5.26 Å². The third-order valence-electron chi connectivity index (χ3n) is 1.57. The van der Waals surface area contributed by atoms with Gasteiger partial charge in [0.15, 0.2) is 0 Å². The lowest BCUT2D eigenvalue weighted by Crippen LogP contribution is -2.42. The van der Waals surface area contributed by atoms with E-state index >= 15 is 0 Å². The van der Waals surface area contributed by atoms with E-state index in [1.807, 2.05) is 11.0 Å². The summed E-state index contributed by atoms with van der Waals surface area (Å²) < 4.78 is 0. The van der Waals surface area contributed by atoms with Crippen molar-refractivity contribution in [3.05, 3.63) is 5.70 Å². The van der Waals surface area contributed by atoms with E-state index in [1.54, 1.807) is 5.94 Å². The monoisotopic (exact) mass is 151 g/mol. The first-order chi connectivity index (χ1) is 5.36. The first-order valence-corrected chi connectivity index (χ1v) is 3.44. The molecule has 1 aliphatic heterocycles. The van der Waals surface area contributed by atoms with Gasteiger partial charge in [0.05, 0.1) is 19.2 Å². The van der Waals surface area contributed by atoms with E-state index in [2.05, 4.69) is 5.32 Å². The van der Waals surface area contributed by atoms with Crippen molar-refractivity contribution in [3.8, 4) is 6.07 Å². The molecule has 1 N–H and O–H groups in total. The van der Waals surface area contributed by atoms with Gasteiger partial charge in [-0.3, -0.25) is 4.90 Å². The van der Waals surface area contributed by atoms with Gasteiger partial charge in [0, 0.05) is 13.1 Å². The van der Waals surface area contributed by atoms with E-state index in [4.69, 9.17) is 5.26 Å². The predicted octanol–water partition coefficient (Wildman–Crippen LogP) is -0.869. The van der Waals surface area contributed by atoms with Crippen LogP contribution in [0.2, 0.25) is 0 Å². The smallest absolute Gasteiger partial charge is 0.146 e. The van der Waals surface area contributed by atoms with Crippen LogP contribution >= 0.6 is 0 Å². The van der Waals surface area contributed by atoms with E-state index in [1.165, 1.54) is 0 Å². The highest BCUT2D eigenvalue weighted by Gasteiger charge is 2.12. The molecule has 0 radical (unpaired) electrons. The fourth-order valence-corrected chi connectivity index (χ4v) is 1.03. The van der Waals surface area contributed by atoms with E-state index in [0.29, 0.717) is 18.8 Å². The molecule has 0 aromatic rings. The van der Waals surface area contributed by atoms with Crippen LogP contribution in [-0.2, 0) is 4.79 Å². The molecule has 4 heteroatoms. The molecule has 0 aromatic heterocycles. The number of piperazine rings is 1. The molecule has 0 atom stereocenters. The van der Waals surface area contributed by atoms with E-state index in [9.17, 15) is 4.79 Å². The number of rotatable bonds is 1. The number of hydrogen-bond donors (Lipinski definition) is 1. The highest BCUT2D eigenvalue weighted by atomic mass is 16.1. The molecule has 0 aromatic carbocycles. The maximum atomic E-state index is 10.2. The van der Waals surface area contributed by atoms with Crippen LogP contribution in [0, 0.1) is 11.3 Å². The molecule has 0 bridgehead atoms. The van der Waals surface area contributed by atoms with Crippen molar-refractivity contribution >= 4 is 5.94 Å². The van der Waals surface area contributed by atoms with Crippen LogP contribution in [0.1, 0.15) is 0 Å². The molecule has 1 saturated heterocycles. The fraction of sp³-hybridized carbons (Fsp3) is 0.571. The largest absolute Gasteiger partial charge is 0.377 e. The Labute approximate surface area is 65.1 Å². The number of nitrogens with zero attached hydrogens (tertiary/aromatic N) is 2. The van der Waals surface area contributed by atoms with Gasteiger partial charge in [0.2, 0.25) is 0 Å². The summed E-state index contributed by atoms with van der Waals surface area (Å²) in [7, 11) is 0. The third kappa shape index (κ3) is 2.08. The van der Waals surface area contributed by atoms with Gasteiger partial charge in [-0.05, 0) is 0 Å². The molecule has 1 aliphatic rings. The molecule has 4 nitrogen and oxygen atoms in total. The normalized spacial score (nSPS) is 18.3. The summed E-state index contributed by atoms with van der Waals surface area (Å²) in [5.41, 5.74) is 0.548. The molecule has 1 fully saturated rings. The summed E-state index contributed by atoms with van der Waals surface area (Å²) >= 11 is 0. The average Bonchev–Trinajstić information content (AvgIpc) is 2.06. The van der Waals surface area contributed by atoms with Crippen molar-refractivity contribution in [2.75, 3.05) is 26.2 Å². The van der Waals surface area contributed by atoms with Gasteiger partial charge in [-0.1, -0.05) is 0 Å². The van der Waals surface area contributed by atoms with Crippen LogP contribution in [-0.4, -0.2) is 37.0 Å². The van der Waals surface area contributed by atoms with Crippen LogP contribution in [0.5, 0.6) is 0 Å². The van der Waals surface area contributed by atoms with Crippen LogP contribution in [0.15, 0.2) is 5.70 Å². The quantitative estimate of drug-likeness (QED) is 0.391. The average molecular weight is 151 g/mol. The summed E-state index contributed by atoms with van der Waals surface area (Å²) in [6.45, 7) is 2.45. The number of hydrogen-bond acceptors (Lipinski definition) is 4. The van der Waals surface area contributed by atoms with Crippen molar-refractivity contribution in [1.29, 1.82) is 5.26 Å². The Morgan fingerprint density at radius 2 is 2.55 bits per heavy atom. The van der Waals surface area contributed by atoms with E-state index < -0.39 is 0 Å². The summed E-state index contributed by atoms with van der Waals surface area (Å²) in [5, 5.41) is 11.3. The van der Waals surface area contributed by atoms with Gasteiger partial charge < -0.3 is 5.32 Å². The Balaban J connectivity index is 2.47. The lowest BCUT2D eigenvalue weighted by Gasteiger charge is -2.25. The Bertz CT molecular complexity index is 224. The zero-order chi connectivity index (χ0) is 8.10. The SMILES string of the molecule is N#CCN1CCNC(=C=O)C1. The van der Waals surface area contributed by atoms with Gasteiger partial charge in [-0.25, -0.2) is 4.79 Å². The predicted molar refractivity (Wildman–Crippen MR) is 39.3 cm³/mol. The Hall–Kier alpha value is -1.30. The zero-order valence-corrected chi connectivity index (χ0v) is 6.13. The Morgan fingerprint density at radius 1 is 1.73 bits per heavy atom. The molecule has 1 heterocycles.